The zero-order valence-electron chi connectivity index (χ0n) is 13.8. The molecule has 1 aromatic carbocycles. The highest BCUT2D eigenvalue weighted by atomic mass is 19.3. The molecule has 0 saturated heterocycles. The number of nitrogens with zero attached hydrogens (tertiary/aromatic N) is 1. The largest absolute Gasteiger partial charge is 0.367 e. The molecule has 1 aliphatic rings. The first kappa shape index (κ1) is 17.3. The number of aromatic amines is 1. The summed E-state index contributed by atoms with van der Waals surface area (Å²) in [6, 6.07) is 4.51. The highest BCUT2D eigenvalue weighted by Gasteiger charge is 2.45. The molecule has 2 heterocycles. The normalized spacial score (nSPS) is 16.1. The van der Waals surface area contributed by atoms with Crippen LogP contribution in [0.25, 0.3) is 10.9 Å². The third kappa shape index (κ3) is 3.44. The molecule has 0 aliphatic heterocycles. The van der Waals surface area contributed by atoms with Gasteiger partial charge in [-0.05, 0) is 18.2 Å². The van der Waals surface area contributed by atoms with Crippen molar-refractivity contribution < 1.29 is 22.4 Å². The minimum atomic E-state index is -2.66. The molecule has 5 nitrogen and oxygen atoms in total. The Labute approximate surface area is 150 Å². The van der Waals surface area contributed by atoms with Crippen LogP contribution in [0.15, 0.2) is 36.7 Å². The highest BCUT2D eigenvalue weighted by Crippen LogP contribution is 2.38. The molecule has 2 aromatic heterocycles. The molecule has 4 rings (SSSR count). The summed E-state index contributed by atoms with van der Waals surface area (Å²) in [6.07, 6.45) is 2.27. The fourth-order valence-electron chi connectivity index (χ4n) is 3.04. The number of aromatic nitrogens is 2. The number of hydrogen-bond donors (Lipinski definition) is 3. The average molecular weight is 378 g/mol. The van der Waals surface area contributed by atoms with E-state index in [1.807, 2.05) is 0 Å². The lowest BCUT2D eigenvalue weighted by molar-refractivity contribution is -0.0794. The summed E-state index contributed by atoms with van der Waals surface area (Å²) in [7, 11) is 0. The molecule has 1 amide bonds. The third-order valence-corrected chi connectivity index (χ3v) is 4.44. The summed E-state index contributed by atoms with van der Waals surface area (Å²) in [4.78, 5) is 19.2. The molecule has 3 N–H and O–H groups in total. The second-order valence-electron chi connectivity index (χ2n) is 6.50. The smallest absolute Gasteiger partial charge is 0.255 e. The zero-order chi connectivity index (χ0) is 19.2. The van der Waals surface area contributed by atoms with E-state index in [9.17, 15) is 22.4 Å². The molecule has 0 radical (unpaired) electrons. The van der Waals surface area contributed by atoms with Crippen molar-refractivity contribution in [1.29, 1.82) is 0 Å². The minimum Gasteiger partial charge on any atom is -0.367 e. The number of hydrogen-bond acceptors (Lipinski definition) is 3. The number of carbonyl (C=O) groups is 1. The number of halogens is 4. The Hall–Kier alpha value is -3.10. The third-order valence-electron chi connectivity index (χ3n) is 4.44. The molecule has 0 spiro atoms. The summed E-state index contributed by atoms with van der Waals surface area (Å²) in [5, 5.41) is 5.80. The Kier molecular flexibility index (Phi) is 4.01. The van der Waals surface area contributed by atoms with Crippen molar-refractivity contribution in [2.24, 2.45) is 0 Å². The van der Waals surface area contributed by atoms with Crippen molar-refractivity contribution in [2.45, 2.75) is 24.8 Å². The van der Waals surface area contributed by atoms with E-state index < -0.39 is 29.5 Å². The van der Waals surface area contributed by atoms with Crippen LogP contribution < -0.4 is 10.6 Å². The van der Waals surface area contributed by atoms with Gasteiger partial charge in [-0.15, -0.1) is 0 Å². The minimum absolute atomic E-state index is 0.246. The van der Waals surface area contributed by atoms with Gasteiger partial charge < -0.3 is 15.6 Å². The molecular weight excluding hydrogens is 364 g/mol. The molecule has 0 unspecified atom stereocenters. The first-order valence-electron chi connectivity index (χ1n) is 8.19. The Balaban J connectivity index is 1.50. The van der Waals surface area contributed by atoms with Gasteiger partial charge in [-0.2, -0.15) is 0 Å². The second kappa shape index (κ2) is 6.26. The average Bonchev–Trinajstić information content (AvgIpc) is 2.96. The van der Waals surface area contributed by atoms with Crippen molar-refractivity contribution in [3.63, 3.8) is 0 Å². The lowest BCUT2D eigenvalue weighted by Crippen LogP contribution is -2.44. The highest BCUT2D eigenvalue weighted by molar-refractivity contribution is 6.09. The lowest BCUT2D eigenvalue weighted by Gasteiger charge is -2.35. The van der Waals surface area contributed by atoms with Crippen LogP contribution in [0.3, 0.4) is 0 Å². The molecule has 1 aliphatic carbocycles. The van der Waals surface area contributed by atoms with Gasteiger partial charge in [0.25, 0.3) is 11.8 Å². The number of anilines is 2. The van der Waals surface area contributed by atoms with E-state index in [0.717, 1.165) is 12.1 Å². The van der Waals surface area contributed by atoms with Crippen LogP contribution >= 0.6 is 0 Å². The van der Waals surface area contributed by atoms with E-state index >= 15 is 0 Å². The van der Waals surface area contributed by atoms with Gasteiger partial charge in [-0.3, -0.25) is 4.79 Å². The molecule has 0 atom stereocenters. The van der Waals surface area contributed by atoms with Crippen LogP contribution in [-0.2, 0) is 0 Å². The van der Waals surface area contributed by atoms with Gasteiger partial charge in [0.2, 0.25) is 0 Å². The van der Waals surface area contributed by atoms with E-state index in [2.05, 4.69) is 20.6 Å². The quantitative estimate of drug-likeness (QED) is 0.593. The molecule has 1 fully saturated rings. The topological polar surface area (TPSA) is 69.8 Å². The van der Waals surface area contributed by atoms with Gasteiger partial charge in [0.05, 0.1) is 11.2 Å². The van der Waals surface area contributed by atoms with Gasteiger partial charge in [-0.25, -0.2) is 22.5 Å². The van der Waals surface area contributed by atoms with Crippen LogP contribution in [-0.4, -0.2) is 27.8 Å². The number of amides is 1. The maximum atomic E-state index is 13.5. The summed E-state index contributed by atoms with van der Waals surface area (Å²) in [6.45, 7) is 0. The molecule has 27 heavy (non-hydrogen) atoms. The van der Waals surface area contributed by atoms with E-state index in [1.54, 1.807) is 0 Å². The van der Waals surface area contributed by atoms with E-state index in [0.29, 0.717) is 22.4 Å². The number of carbonyl (C=O) groups excluding carboxylic acids is 1. The van der Waals surface area contributed by atoms with Crippen LogP contribution in [0.4, 0.5) is 29.1 Å². The number of H-pyrrole nitrogens is 1. The van der Waals surface area contributed by atoms with E-state index in [4.69, 9.17) is 0 Å². The van der Waals surface area contributed by atoms with Gasteiger partial charge in [-0.1, -0.05) is 0 Å². The Morgan fingerprint density at radius 3 is 2.67 bits per heavy atom. The first-order valence-corrected chi connectivity index (χ1v) is 8.19. The fraction of sp³-hybridized carbons (Fsp3) is 0.222. The SMILES string of the molecule is O=C(Nc1c[nH]c2cc(F)c(F)cc12)c1ccnc(NC2CC(F)(F)C2)c1. The summed E-state index contributed by atoms with van der Waals surface area (Å²) in [5.41, 5.74) is 0.876. The molecule has 1 saturated carbocycles. The number of alkyl halides is 2. The Bertz CT molecular complexity index is 1030. The first-order chi connectivity index (χ1) is 12.8. The summed E-state index contributed by atoms with van der Waals surface area (Å²) < 4.78 is 52.6. The van der Waals surface area contributed by atoms with Crippen molar-refractivity contribution >= 4 is 28.3 Å². The Morgan fingerprint density at radius 1 is 1.19 bits per heavy atom. The van der Waals surface area contributed by atoms with Gasteiger partial charge >= 0.3 is 0 Å². The molecule has 9 heteroatoms. The molecule has 3 aromatic rings. The van der Waals surface area contributed by atoms with Crippen LogP contribution in [0.2, 0.25) is 0 Å². The monoisotopic (exact) mass is 378 g/mol. The lowest BCUT2D eigenvalue weighted by atomic mass is 9.88. The fourth-order valence-corrected chi connectivity index (χ4v) is 3.04. The molecule has 0 bridgehead atoms. The van der Waals surface area contributed by atoms with Crippen molar-refractivity contribution in [2.75, 3.05) is 10.6 Å². The standard InChI is InChI=1S/C18H14F4N4O/c19-12-4-11-14(5-13(12)20)24-8-15(11)26-17(27)9-1-2-23-16(3-9)25-10-6-18(21,22)7-10/h1-5,8,10,24H,6-7H2,(H,23,25)(H,26,27). The molecular formula is C18H14F4N4O. The molecule has 140 valence electrons. The predicted octanol–water partition coefficient (Wildman–Crippen LogP) is 4.30. The Morgan fingerprint density at radius 2 is 1.93 bits per heavy atom. The van der Waals surface area contributed by atoms with Gasteiger partial charge in [0.15, 0.2) is 11.6 Å². The zero-order valence-corrected chi connectivity index (χ0v) is 13.8. The van der Waals surface area contributed by atoms with Gasteiger partial charge in [0.1, 0.15) is 5.82 Å². The maximum Gasteiger partial charge on any atom is 0.255 e. The van der Waals surface area contributed by atoms with Crippen molar-refractivity contribution in [3.05, 3.63) is 53.9 Å². The number of fused-ring (bicyclic) bond motifs is 1. The predicted molar refractivity (Wildman–Crippen MR) is 92.0 cm³/mol. The van der Waals surface area contributed by atoms with Gasteiger partial charge in [0, 0.05) is 48.3 Å². The number of pyridine rings is 1. The van der Waals surface area contributed by atoms with E-state index in [-0.39, 0.29) is 18.4 Å². The van der Waals surface area contributed by atoms with Crippen LogP contribution in [0, 0.1) is 11.6 Å². The summed E-state index contributed by atoms with van der Waals surface area (Å²) in [5.74, 6) is -4.85. The van der Waals surface area contributed by atoms with Crippen LogP contribution in [0.1, 0.15) is 23.2 Å². The van der Waals surface area contributed by atoms with Crippen molar-refractivity contribution in [1.82, 2.24) is 9.97 Å². The van der Waals surface area contributed by atoms with Crippen molar-refractivity contribution in [3.8, 4) is 0 Å². The number of rotatable bonds is 4. The van der Waals surface area contributed by atoms with E-state index in [1.165, 1.54) is 24.5 Å². The van der Waals surface area contributed by atoms with Crippen LogP contribution in [0.5, 0.6) is 0 Å². The number of benzene rings is 1. The maximum absolute atomic E-state index is 13.5. The summed E-state index contributed by atoms with van der Waals surface area (Å²) >= 11 is 0. The second-order valence-corrected chi connectivity index (χ2v) is 6.50. The number of nitrogens with one attached hydrogen (secondary N) is 3.